The van der Waals surface area contributed by atoms with E-state index in [-0.39, 0.29) is 23.0 Å². The number of carbonyl (C=O) groups excluding carboxylic acids is 2. The zero-order valence-electron chi connectivity index (χ0n) is 11.2. The summed E-state index contributed by atoms with van der Waals surface area (Å²) in [6, 6.07) is 5.96. The van der Waals surface area contributed by atoms with Crippen LogP contribution in [0.4, 0.5) is 0 Å². The van der Waals surface area contributed by atoms with Crippen molar-refractivity contribution >= 4 is 27.5 Å². The van der Waals surface area contributed by atoms with Crippen LogP contribution in [0.3, 0.4) is 0 Å². The summed E-state index contributed by atoms with van der Waals surface area (Å²) in [7, 11) is 0. The molecule has 1 aromatic rings. The summed E-state index contributed by atoms with van der Waals surface area (Å²) in [6.07, 6.45) is 2.22. The molecule has 0 radical (unpaired) electrons. The van der Waals surface area contributed by atoms with E-state index in [4.69, 9.17) is 0 Å². The van der Waals surface area contributed by atoms with Gasteiger partial charge in [0.15, 0.2) is 5.78 Å². The molecule has 0 heterocycles. The highest BCUT2D eigenvalue weighted by atomic mass is 79.9. The molecule has 1 spiro atoms. The lowest BCUT2D eigenvalue weighted by Crippen LogP contribution is -2.41. The maximum atomic E-state index is 12.8. The van der Waals surface area contributed by atoms with Crippen LogP contribution in [0.25, 0.3) is 0 Å². The van der Waals surface area contributed by atoms with Gasteiger partial charge in [0.05, 0.1) is 0 Å². The van der Waals surface area contributed by atoms with Crippen molar-refractivity contribution in [1.82, 2.24) is 0 Å². The number of ketones is 2. The molecule has 2 aliphatic rings. The van der Waals surface area contributed by atoms with E-state index >= 15 is 0 Å². The summed E-state index contributed by atoms with van der Waals surface area (Å²) in [4.78, 5) is 24.8. The van der Waals surface area contributed by atoms with E-state index < -0.39 is 0 Å². The number of hydrogen-bond acceptors (Lipinski definition) is 2. The molecule has 0 N–H and O–H groups in total. The maximum absolute atomic E-state index is 12.8. The van der Waals surface area contributed by atoms with E-state index in [1.54, 1.807) is 0 Å². The lowest BCUT2D eigenvalue weighted by molar-refractivity contribution is -0.130. The van der Waals surface area contributed by atoms with Crippen LogP contribution < -0.4 is 0 Å². The second-order valence-corrected chi connectivity index (χ2v) is 7.12. The standard InChI is InChI=1S/C16H17BrO2/c1-9-6-16(7-10(2)14(9)18)8-11-3-4-12(17)5-13(11)15(16)19/h3-5,9-10H,6-8H2,1-2H3/t9-,10+,16?. The fraction of sp³-hybridized carbons (Fsp3) is 0.500. The highest BCUT2D eigenvalue weighted by Gasteiger charge is 2.51. The van der Waals surface area contributed by atoms with Gasteiger partial charge in [0, 0.05) is 27.3 Å². The summed E-state index contributed by atoms with van der Waals surface area (Å²) in [6.45, 7) is 3.93. The largest absolute Gasteiger partial charge is 0.299 e. The smallest absolute Gasteiger partial charge is 0.169 e. The van der Waals surface area contributed by atoms with Gasteiger partial charge >= 0.3 is 0 Å². The number of halogens is 1. The molecule has 100 valence electrons. The molecule has 3 rings (SSSR count). The predicted octanol–water partition coefficient (Wildman–Crippen LogP) is 3.81. The number of carbonyl (C=O) groups is 2. The first-order valence-electron chi connectivity index (χ1n) is 6.80. The average Bonchev–Trinajstić information content (AvgIpc) is 2.60. The molecule has 0 amide bonds. The first-order valence-corrected chi connectivity index (χ1v) is 7.59. The van der Waals surface area contributed by atoms with Gasteiger partial charge < -0.3 is 0 Å². The predicted molar refractivity (Wildman–Crippen MR) is 77.2 cm³/mol. The summed E-state index contributed by atoms with van der Waals surface area (Å²) >= 11 is 3.43. The highest BCUT2D eigenvalue weighted by Crippen LogP contribution is 2.49. The lowest BCUT2D eigenvalue weighted by atomic mass is 9.64. The topological polar surface area (TPSA) is 34.1 Å². The monoisotopic (exact) mass is 320 g/mol. The Balaban J connectivity index is 2.01. The normalized spacial score (nSPS) is 33.8. The van der Waals surface area contributed by atoms with Crippen LogP contribution >= 0.6 is 15.9 Å². The number of fused-ring (bicyclic) bond motifs is 1. The van der Waals surface area contributed by atoms with Crippen molar-refractivity contribution in [2.45, 2.75) is 33.1 Å². The van der Waals surface area contributed by atoms with Crippen molar-refractivity contribution in [3.8, 4) is 0 Å². The van der Waals surface area contributed by atoms with Crippen LogP contribution in [0, 0.1) is 17.3 Å². The Kier molecular flexibility index (Phi) is 2.93. The molecule has 1 aromatic carbocycles. The minimum Gasteiger partial charge on any atom is -0.299 e. The molecule has 0 bridgehead atoms. The quantitative estimate of drug-likeness (QED) is 0.728. The van der Waals surface area contributed by atoms with Crippen molar-refractivity contribution in [2.24, 2.45) is 17.3 Å². The van der Waals surface area contributed by atoms with E-state index in [9.17, 15) is 9.59 Å². The van der Waals surface area contributed by atoms with Crippen molar-refractivity contribution in [2.75, 3.05) is 0 Å². The van der Waals surface area contributed by atoms with E-state index in [1.807, 2.05) is 32.0 Å². The van der Waals surface area contributed by atoms with Gasteiger partial charge in [-0.3, -0.25) is 9.59 Å². The van der Waals surface area contributed by atoms with Crippen molar-refractivity contribution < 1.29 is 9.59 Å². The number of Topliss-reactive ketones (excluding diaryl/α,β-unsaturated/α-hetero) is 2. The Morgan fingerprint density at radius 2 is 1.79 bits per heavy atom. The Morgan fingerprint density at radius 3 is 2.42 bits per heavy atom. The summed E-state index contributed by atoms with van der Waals surface area (Å²) < 4.78 is 0.949. The van der Waals surface area contributed by atoms with Crippen molar-refractivity contribution in [3.63, 3.8) is 0 Å². The second kappa shape index (κ2) is 4.27. The van der Waals surface area contributed by atoms with Crippen LogP contribution in [-0.4, -0.2) is 11.6 Å². The third kappa shape index (κ3) is 1.90. The first-order chi connectivity index (χ1) is 8.93. The van der Waals surface area contributed by atoms with Crippen molar-refractivity contribution in [1.29, 1.82) is 0 Å². The molecule has 2 aliphatic carbocycles. The number of benzene rings is 1. The van der Waals surface area contributed by atoms with Gasteiger partial charge in [-0.1, -0.05) is 35.8 Å². The Hall–Kier alpha value is -0.960. The summed E-state index contributed by atoms with van der Waals surface area (Å²) in [5, 5.41) is 0. The van der Waals surface area contributed by atoms with Gasteiger partial charge in [0.1, 0.15) is 5.78 Å². The van der Waals surface area contributed by atoms with Crippen LogP contribution in [0.5, 0.6) is 0 Å². The molecular formula is C16H17BrO2. The molecular weight excluding hydrogens is 304 g/mol. The summed E-state index contributed by atoms with van der Waals surface area (Å²) in [5.74, 6) is 0.571. The molecule has 3 heteroatoms. The van der Waals surface area contributed by atoms with E-state index in [0.717, 1.165) is 22.0 Å². The molecule has 3 atom stereocenters. The molecule has 1 saturated carbocycles. The summed E-state index contributed by atoms with van der Waals surface area (Å²) in [5.41, 5.74) is 1.67. The Morgan fingerprint density at radius 1 is 1.16 bits per heavy atom. The third-order valence-electron chi connectivity index (χ3n) is 4.69. The fourth-order valence-corrected chi connectivity index (χ4v) is 4.28. The zero-order chi connectivity index (χ0) is 13.8. The van der Waals surface area contributed by atoms with Crippen LogP contribution in [0.2, 0.25) is 0 Å². The number of hydrogen-bond donors (Lipinski definition) is 0. The van der Waals surface area contributed by atoms with E-state index in [1.165, 1.54) is 0 Å². The Labute approximate surface area is 121 Å². The van der Waals surface area contributed by atoms with Gasteiger partial charge in [-0.15, -0.1) is 0 Å². The highest BCUT2D eigenvalue weighted by molar-refractivity contribution is 9.10. The van der Waals surface area contributed by atoms with Crippen LogP contribution in [0.15, 0.2) is 22.7 Å². The molecule has 0 aromatic heterocycles. The van der Waals surface area contributed by atoms with Gasteiger partial charge in [-0.05, 0) is 37.0 Å². The lowest BCUT2D eigenvalue weighted by Gasteiger charge is -2.37. The minimum atomic E-state index is -0.324. The van der Waals surface area contributed by atoms with E-state index in [2.05, 4.69) is 15.9 Å². The van der Waals surface area contributed by atoms with Crippen LogP contribution in [-0.2, 0) is 11.2 Å². The third-order valence-corrected chi connectivity index (χ3v) is 5.19. The van der Waals surface area contributed by atoms with Gasteiger partial charge in [0.25, 0.3) is 0 Å². The molecule has 1 fully saturated rings. The molecule has 0 aliphatic heterocycles. The fourth-order valence-electron chi connectivity index (χ4n) is 3.92. The SMILES string of the molecule is C[C@@H]1CC2(Cc3ccc(Br)cc3C2=O)C[C@H](C)C1=O. The van der Waals surface area contributed by atoms with Gasteiger partial charge in [-0.2, -0.15) is 0 Å². The molecule has 19 heavy (non-hydrogen) atoms. The van der Waals surface area contributed by atoms with Crippen LogP contribution in [0.1, 0.15) is 42.6 Å². The molecule has 0 saturated heterocycles. The number of rotatable bonds is 0. The first kappa shape index (κ1) is 13.0. The maximum Gasteiger partial charge on any atom is 0.169 e. The van der Waals surface area contributed by atoms with E-state index in [0.29, 0.717) is 18.6 Å². The van der Waals surface area contributed by atoms with Gasteiger partial charge in [0.2, 0.25) is 0 Å². The Bertz CT molecular complexity index is 562. The minimum absolute atomic E-state index is 0.00505. The molecule has 2 nitrogen and oxygen atoms in total. The zero-order valence-corrected chi connectivity index (χ0v) is 12.8. The second-order valence-electron chi connectivity index (χ2n) is 6.20. The average molecular weight is 321 g/mol. The molecule has 1 unspecified atom stereocenters. The van der Waals surface area contributed by atoms with Gasteiger partial charge in [-0.25, -0.2) is 0 Å². The van der Waals surface area contributed by atoms with Crippen molar-refractivity contribution in [3.05, 3.63) is 33.8 Å².